The van der Waals surface area contributed by atoms with Crippen molar-refractivity contribution in [2.75, 3.05) is 33.4 Å². The molecule has 0 saturated carbocycles. The van der Waals surface area contributed by atoms with E-state index in [-0.39, 0.29) is 18.6 Å². The van der Waals surface area contributed by atoms with Crippen molar-refractivity contribution in [3.05, 3.63) is 46.7 Å². The number of carbonyl (C=O) groups is 1. The van der Waals surface area contributed by atoms with Crippen LogP contribution in [0, 0.1) is 0 Å². The standard InChI is InChI=1S/C19H24N2O3S/c1-23-16-5-4-6-17(11-16)24-13-19(22)20-12-18(15-7-10-25-14-15)21-8-2-3-9-21/h4-7,10-11,14,18H,2-3,8-9,12-13H2,1H3,(H,20,22)/t18-/m0/s1. The van der Waals surface area contributed by atoms with Crippen LogP contribution < -0.4 is 14.8 Å². The first-order valence-electron chi connectivity index (χ1n) is 8.56. The number of nitrogens with one attached hydrogen (secondary N) is 1. The van der Waals surface area contributed by atoms with Gasteiger partial charge in [-0.15, -0.1) is 0 Å². The molecular formula is C19H24N2O3S. The van der Waals surface area contributed by atoms with Crippen LogP contribution in [0.5, 0.6) is 11.5 Å². The lowest BCUT2D eigenvalue weighted by molar-refractivity contribution is -0.123. The summed E-state index contributed by atoms with van der Waals surface area (Å²) in [4.78, 5) is 14.6. The molecule has 1 amide bonds. The lowest BCUT2D eigenvalue weighted by Crippen LogP contribution is -2.38. The van der Waals surface area contributed by atoms with Crippen LogP contribution in [-0.4, -0.2) is 44.2 Å². The highest BCUT2D eigenvalue weighted by Crippen LogP contribution is 2.26. The number of ether oxygens (including phenoxy) is 2. The minimum Gasteiger partial charge on any atom is -0.497 e. The molecule has 0 bridgehead atoms. The molecule has 0 radical (unpaired) electrons. The van der Waals surface area contributed by atoms with Gasteiger partial charge in [0, 0.05) is 12.6 Å². The zero-order chi connectivity index (χ0) is 17.5. The Bertz CT molecular complexity index is 669. The second-order valence-corrected chi connectivity index (χ2v) is 6.87. The van der Waals surface area contributed by atoms with Gasteiger partial charge in [-0.2, -0.15) is 11.3 Å². The summed E-state index contributed by atoms with van der Waals surface area (Å²) >= 11 is 1.70. The molecule has 1 N–H and O–H groups in total. The Kier molecular flexibility index (Phi) is 6.30. The minimum atomic E-state index is -0.109. The summed E-state index contributed by atoms with van der Waals surface area (Å²) < 4.78 is 10.7. The number of thiophene rings is 1. The average molecular weight is 360 g/mol. The summed E-state index contributed by atoms with van der Waals surface area (Å²) in [5.41, 5.74) is 1.28. The topological polar surface area (TPSA) is 50.8 Å². The van der Waals surface area contributed by atoms with Gasteiger partial charge in [0.2, 0.25) is 0 Å². The monoisotopic (exact) mass is 360 g/mol. The Morgan fingerprint density at radius 3 is 2.80 bits per heavy atom. The van der Waals surface area contributed by atoms with Gasteiger partial charge in [-0.1, -0.05) is 6.07 Å². The maximum atomic E-state index is 12.2. The molecule has 0 aliphatic carbocycles. The van der Waals surface area contributed by atoms with Gasteiger partial charge >= 0.3 is 0 Å². The fourth-order valence-electron chi connectivity index (χ4n) is 3.08. The summed E-state index contributed by atoms with van der Waals surface area (Å²) in [6.07, 6.45) is 2.46. The lowest BCUT2D eigenvalue weighted by atomic mass is 10.1. The molecule has 2 heterocycles. The van der Waals surface area contributed by atoms with Crippen LogP contribution >= 0.6 is 11.3 Å². The number of nitrogens with zero attached hydrogens (tertiary/aromatic N) is 1. The number of hydrogen-bond acceptors (Lipinski definition) is 5. The third-order valence-corrected chi connectivity index (χ3v) is 5.11. The third-order valence-electron chi connectivity index (χ3n) is 4.41. The largest absolute Gasteiger partial charge is 0.497 e. The molecule has 1 fully saturated rings. The zero-order valence-electron chi connectivity index (χ0n) is 14.4. The van der Waals surface area contributed by atoms with Crippen molar-refractivity contribution in [2.24, 2.45) is 0 Å². The average Bonchev–Trinajstić information content (AvgIpc) is 3.35. The minimum absolute atomic E-state index is 0.00350. The van der Waals surface area contributed by atoms with Crippen molar-refractivity contribution in [1.82, 2.24) is 10.2 Å². The quantitative estimate of drug-likeness (QED) is 0.786. The molecule has 1 aromatic carbocycles. The molecule has 1 aliphatic rings. The molecule has 2 aromatic rings. The predicted molar refractivity (Wildman–Crippen MR) is 99.4 cm³/mol. The van der Waals surface area contributed by atoms with Gasteiger partial charge in [-0.25, -0.2) is 0 Å². The molecule has 0 unspecified atom stereocenters. The summed E-state index contributed by atoms with van der Waals surface area (Å²) in [6, 6.07) is 9.65. The van der Waals surface area contributed by atoms with E-state index in [1.807, 2.05) is 18.2 Å². The van der Waals surface area contributed by atoms with Crippen LogP contribution in [0.15, 0.2) is 41.1 Å². The van der Waals surface area contributed by atoms with Crippen molar-refractivity contribution in [1.29, 1.82) is 0 Å². The van der Waals surface area contributed by atoms with Crippen molar-refractivity contribution < 1.29 is 14.3 Å². The Labute approximate surface area is 152 Å². The fraction of sp³-hybridized carbons (Fsp3) is 0.421. The highest BCUT2D eigenvalue weighted by atomic mass is 32.1. The van der Waals surface area contributed by atoms with E-state index in [4.69, 9.17) is 9.47 Å². The molecule has 1 saturated heterocycles. The Balaban J connectivity index is 1.51. The van der Waals surface area contributed by atoms with Gasteiger partial charge in [0.1, 0.15) is 11.5 Å². The van der Waals surface area contributed by atoms with Crippen LogP contribution in [0.3, 0.4) is 0 Å². The number of amides is 1. The van der Waals surface area contributed by atoms with E-state index < -0.39 is 0 Å². The van der Waals surface area contributed by atoms with Crippen molar-refractivity contribution in [3.63, 3.8) is 0 Å². The number of rotatable bonds is 8. The summed E-state index contributed by atoms with van der Waals surface area (Å²) in [7, 11) is 1.61. The molecular weight excluding hydrogens is 336 g/mol. The van der Waals surface area contributed by atoms with E-state index in [0.29, 0.717) is 18.0 Å². The molecule has 0 spiro atoms. The summed E-state index contributed by atoms with van der Waals surface area (Å²) in [5.74, 6) is 1.23. The van der Waals surface area contributed by atoms with Crippen molar-refractivity contribution >= 4 is 17.2 Å². The summed E-state index contributed by atoms with van der Waals surface area (Å²) in [5, 5.41) is 7.27. The van der Waals surface area contributed by atoms with Crippen molar-refractivity contribution in [3.8, 4) is 11.5 Å². The Morgan fingerprint density at radius 2 is 2.08 bits per heavy atom. The number of likely N-dealkylation sites (tertiary alicyclic amines) is 1. The highest BCUT2D eigenvalue weighted by molar-refractivity contribution is 7.07. The highest BCUT2D eigenvalue weighted by Gasteiger charge is 2.24. The number of benzene rings is 1. The molecule has 3 rings (SSSR count). The van der Waals surface area contributed by atoms with Gasteiger partial charge < -0.3 is 14.8 Å². The molecule has 1 aromatic heterocycles. The van der Waals surface area contributed by atoms with E-state index in [2.05, 4.69) is 27.0 Å². The molecule has 25 heavy (non-hydrogen) atoms. The first-order valence-corrected chi connectivity index (χ1v) is 9.50. The van der Waals surface area contributed by atoms with Gasteiger partial charge in [0.05, 0.1) is 13.2 Å². The molecule has 1 atom stereocenters. The van der Waals surface area contributed by atoms with Crippen LogP contribution in [0.1, 0.15) is 24.4 Å². The third kappa shape index (κ3) is 4.96. The number of methoxy groups -OCH3 is 1. The first-order chi connectivity index (χ1) is 12.3. The fourth-order valence-corrected chi connectivity index (χ4v) is 3.78. The Morgan fingerprint density at radius 1 is 1.28 bits per heavy atom. The first kappa shape index (κ1) is 17.8. The smallest absolute Gasteiger partial charge is 0.258 e. The van der Waals surface area contributed by atoms with E-state index >= 15 is 0 Å². The van der Waals surface area contributed by atoms with Gasteiger partial charge in [-0.05, 0) is 60.5 Å². The van der Waals surface area contributed by atoms with Crippen molar-refractivity contribution in [2.45, 2.75) is 18.9 Å². The second-order valence-electron chi connectivity index (χ2n) is 6.09. The van der Waals surface area contributed by atoms with Crippen LogP contribution in [0.2, 0.25) is 0 Å². The maximum absolute atomic E-state index is 12.2. The van der Waals surface area contributed by atoms with E-state index in [1.54, 1.807) is 24.5 Å². The van der Waals surface area contributed by atoms with Crippen LogP contribution in [0.4, 0.5) is 0 Å². The van der Waals surface area contributed by atoms with Gasteiger partial charge in [-0.3, -0.25) is 9.69 Å². The maximum Gasteiger partial charge on any atom is 0.258 e. The molecule has 5 nitrogen and oxygen atoms in total. The van der Waals surface area contributed by atoms with E-state index in [9.17, 15) is 4.79 Å². The van der Waals surface area contributed by atoms with Crippen LogP contribution in [0.25, 0.3) is 0 Å². The molecule has 6 heteroatoms. The normalized spacial score (nSPS) is 15.7. The second kappa shape index (κ2) is 8.87. The van der Waals surface area contributed by atoms with Gasteiger partial charge in [0.25, 0.3) is 5.91 Å². The van der Waals surface area contributed by atoms with Crippen LogP contribution in [-0.2, 0) is 4.79 Å². The Hall–Kier alpha value is -2.05. The number of hydrogen-bond donors (Lipinski definition) is 1. The SMILES string of the molecule is COc1cccc(OCC(=O)NC[C@@H](c2ccsc2)N2CCCC2)c1. The van der Waals surface area contributed by atoms with E-state index in [1.165, 1.54) is 18.4 Å². The number of carbonyl (C=O) groups excluding carboxylic acids is 1. The molecule has 1 aliphatic heterocycles. The van der Waals surface area contributed by atoms with E-state index in [0.717, 1.165) is 13.1 Å². The predicted octanol–water partition coefficient (Wildman–Crippen LogP) is 3.09. The zero-order valence-corrected chi connectivity index (χ0v) is 15.3. The summed E-state index contributed by atoms with van der Waals surface area (Å²) in [6.45, 7) is 2.80. The molecule has 134 valence electrons. The lowest BCUT2D eigenvalue weighted by Gasteiger charge is -2.27. The van der Waals surface area contributed by atoms with Gasteiger partial charge in [0.15, 0.2) is 6.61 Å².